The smallest absolute Gasteiger partial charge is 0.137 e. The van der Waals surface area contributed by atoms with Crippen LogP contribution in [0.5, 0.6) is 11.5 Å². The third-order valence-corrected chi connectivity index (χ3v) is 15.5. The SMILES string of the molecule is CC(C)(C)c1cc(-c2ccccc2)cc(N2CN(c3cc(Oc4cc(C(C)(C)C)c5c6ccccc6n(-c6cc(C(C)(C)c7ccccc7)ccn6)c5c4)cc(-c4ccccc4)c3)C=C2C(C)(C)c2ccccc2)c1. The van der Waals surface area contributed by atoms with Gasteiger partial charge in [0.1, 0.15) is 17.3 Å². The van der Waals surface area contributed by atoms with Gasteiger partial charge in [-0.05, 0) is 109 Å². The normalized spacial score (nSPS) is 13.4. The Hall–Kier alpha value is -8.15. The number of aromatic nitrogens is 2. The van der Waals surface area contributed by atoms with Gasteiger partial charge in [0.2, 0.25) is 0 Å². The number of hydrogen-bond donors (Lipinski definition) is 0. The van der Waals surface area contributed by atoms with E-state index in [2.05, 4.69) is 296 Å². The molecule has 0 saturated heterocycles. The fourth-order valence-electron chi connectivity index (χ4n) is 11.0. The third kappa shape index (κ3) is 9.42. The van der Waals surface area contributed by atoms with Gasteiger partial charge < -0.3 is 14.5 Å². The molecule has 0 unspecified atom stereocenters. The Labute approximate surface area is 444 Å². The van der Waals surface area contributed by atoms with Crippen LogP contribution in [0.4, 0.5) is 11.4 Å². The number of pyridine rings is 1. The maximum absolute atomic E-state index is 7.31. The maximum atomic E-state index is 7.31. The van der Waals surface area contributed by atoms with Gasteiger partial charge >= 0.3 is 0 Å². The molecular formula is C70H68N4O. The van der Waals surface area contributed by atoms with E-state index in [0.717, 1.165) is 50.9 Å². The Morgan fingerprint density at radius 1 is 0.427 bits per heavy atom. The van der Waals surface area contributed by atoms with Crippen molar-refractivity contribution in [2.75, 3.05) is 16.5 Å². The van der Waals surface area contributed by atoms with Crippen molar-refractivity contribution in [3.8, 4) is 39.6 Å². The summed E-state index contributed by atoms with van der Waals surface area (Å²) in [5.41, 5.74) is 15.5. The van der Waals surface area contributed by atoms with Crippen molar-refractivity contribution in [1.82, 2.24) is 9.55 Å². The zero-order chi connectivity index (χ0) is 52.3. The van der Waals surface area contributed by atoms with Gasteiger partial charge in [-0.2, -0.15) is 0 Å². The first-order valence-electron chi connectivity index (χ1n) is 26.4. The minimum Gasteiger partial charge on any atom is -0.457 e. The molecule has 5 heteroatoms. The molecule has 374 valence electrons. The van der Waals surface area contributed by atoms with E-state index in [1.807, 2.05) is 6.20 Å². The van der Waals surface area contributed by atoms with Gasteiger partial charge in [0.15, 0.2) is 0 Å². The summed E-state index contributed by atoms with van der Waals surface area (Å²) in [7, 11) is 0. The van der Waals surface area contributed by atoms with E-state index >= 15 is 0 Å². The van der Waals surface area contributed by atoms with E-state index in [0.29, 0.717) is 6.67 Å². The Morgan fingerprint density at radius 2 is 0.987 bits per heavy atom. The highest BCUT2D eigenvalue weighted by molar-refractivity contribution is 6.11. The van der Waals surface area contributed by atoms with Crippen molar-refractivity contribution in [3.05, 3.63) is 252 Å². The number of hydrogen-bond acceptors (Lipinski definition) is 4. The van der Waals surface area contributed by atoms with Crippen molar-refractivity contribution in [2.24, 2.45) is 0 Å². The Bertz CT molecular complexity index is 3730. The molecule has 0 spiro atoms. The summed E-state index contributed by atoms with van der Waals surface area (Å²) in [4.78, 5) is 10.0. The Morgan fingerprint density at radius 3 is 1.61 bits per heavy atom. The van der Waals surface area contributed by atoms with Crippen molar-refractivity contribution in [3.63, 3.8) is 0 Å². The highest BCUT2D eigenvalue weighted by Gasteiger charge is 2.37. The van der Waals surface area contributed by atoms with E-state index in [1.165, 1.54) is 55.4 Å². The first kappa shape index (κ1) is 49.1. The summed E-state index contributed by atoms with van der Waals surface area (Å²) >= 11 is 0. The minimum atomic E-state index is -0.347. The van der Waals surface area contributed by atoms with Crippen molar-refractivity contribution >= 4 is 33.2 Å². The predicted molar refractivity (Wildman–Crippen MR) is 316 cm³/mol. The van der Waals surface area contributed by atoms with Gasteiger partial charge in [-0.25, -0.2) is 4.98 Å². The summed E-state index contributed by atoms with van der Waals surface area (Å²) < 4.78 is 9.64. The molecule has 1 aliphatic rings. The fraction of sp³-hybridized carbons (Fsp3) is 0.214. The van der Waals surface area contributed by atoms with Crippen LogP contribution in [0.1, 0.15) is 97.1 Å². The lowest BCUT2D eigenvalue weighted by Gasteiger charge is -2.35. The van der Waals surface area contributed by atoms with Gasteiger partial charge in [-0.15, -0.1) is 0 Å². The van der Waals surface area contributed by atoms with Gasteiger partial charge in [-0.1, -0.05) is 215 Å². The quantitative estimate of drug-likeness (QED) is 0.129. The number of para-hydroxylation sites is 1. The number of rotatable bonds is 11. The van der Waals surface area contributed by atoms with Crippen molar-refractivity contribution in [1.29, 1.82) is 0 Å². The zero-order valence-electron chi connectivity index (χ0n) is 45.2. The number of ether oxygens (including phenoxy) is 1. The molecular weight excluding hydrogens is 913 g/mol. The average Bonchev–Trinajstić information content (AvgIpc) is 4.02. The lowest BCUT2D eigenvalue weighted by molar-refractivity contribution is 0.480. The number of nitrogens with zero attached hydrogens (tertiary/aromatic N) is 4. The number of anilines is 2. The van der Waals surface area contributed by atoms with Gasteiger partial charge in [0.25, 0.3) is 0 Å². The lowest BCUT2D eigenvalue weighted by Crippen LogP contribution is -2.34. The van der Waals surface area contributed by atoms with Crippen LogP contribution in [0.3, 0.4) is 0 Å². The first-order chi connectivity index (χ1) is 35.9. The molecule has 0 bridgehead atoms. The zero-order valence-corrected chi connectivity index (χ0v) is 45.2. The maximum Gasteiger partial charge on any atom is 0.137 e. The van der Waals surface area contributed by atoms with Crippen LogP contribution >= 0.6 is 0 Å². The molecule has 5 nitrogen and oxygen atoms in total. The average molecular weight is 981 g/mol. The molecule has 0 atom stereocenters. The Kier molecular flexibility index (Phi) is 12.4. The largest absolute Gasteiger partial charge is 0.457 e. The summed E-state index contributed by atoms with van der Waals surface area (Å²) in [5.74, 6) is 2.40. The van der Waals surface area contributed by atoms with Gasteiger partial charge in [-0.3, -0.25) is 4.57 Å². The molecule has 0 fully saturated rings. The molecule has 0 aliphatic carbocycles. The van der Waals surface area contributed by atoms with E-state index < -0.39 is 0 Å². The van der Waals surface area contributed by atoms with E-state index in [4.69, 9.17) is 9.72 Å². The van der Waals surface area contributed by atoms with Crippen LogP contribution in [-0.4, -0.2) is 16.2 Å². The molecule has 0 saturated carbocycles. The minimum absolute atomic E-state index is 0.0713. The summed E-state index contributed by atoms with van der Waals surface area (Å²) in [6, 6.07) is 74.6. The van der Waals surface area contributed by atoms with Crippen LogP contribution in [0.25, 0.3) is 49.9 Å². The molecule has 11 rings (SSSR count). The van der Waals surface area contributed by atoms with Crippen molar-refractivity contribution < 1.29 is 4.74 Å². The molecule has 2 aromatic heterocycles. The van der Waals surface area contributed by atoms with E-state index in [9.17, 15) is 0 Å². The predicted octanol–water partition coefficient (Wildman–Crippen LogP) is 18.3. The van der Waals surface area contributed by atoms with E-state index in [1.54, 1.807) is 0 Å². The summed E-state index contributed by atoms with van der Waals surface area (Å²) in [6.45, 7) is 23.7. The number of benzene rings is 8. The number of fused-ring (bicyclic) bond motifs is 3. The standard InChI is InChI=1S/C70H68N4O/c1-67(2,3)55-37-50(48-25-15-11-16-26-48)39-57(41-55)73-47-72(46-64(73)70(9,10)53-31-21-14-22-32-53)56-38-51(49-27-17-12-18-28-49)40-58(43-56)75-59-44-61(68(4,5)6)66-60-33-23-24-34-62(60)74(63(66)45-59)65-42-54(35-36-71-65)69(7,8)52-29-19-13-20-30-52/h11-46H,47H2,1-10H3. The molecule has 75 heavy (non-hydrogen) atoms. The topological polar surface area (TPSA) is 33.5 Å². The summed E-state index contributed by atoms with van der Waals surface area (Å²) in [5, 5.41) is 2.40. The van der Waals surface area contributed by atoms with Crippen LogP contribution in [-0.2, 0) is 21.7 Å². The molecule has 10 aromatic rings. The third-order valence-electron chi connectivity index (χ3n) is 15.5. The highest BCUT2D eigenvalue weighted by atomic mass is 16.5. The highest BCUT2D eigenvalue weighted by Crippen LogP contribution is 2.46. The van der Waals surface area contributed by atoms with Crippen LogP contribution < -0.4 is 14.5 Å². The molecule has 8 aromatic carbocycles. The van der Waals surface area contributed by atoms with Crippen LogP contribution in [0.15, 0.2) is 224 Å². The van der Waals surface area contributed by atoms with E-state index in [-0.39, 0.29) is 21.7 Å². The van der Waals surface area contributed by atoms with Crippen LogP contribution in [0, 0.1) is 0 Å². The lowest BCUT2D eigenvalue weighted by atomic mass is 9.78. The molecule has 1 aliphatic heterocycles. The Balaban J connectivity index is 1.07. The second-order valence-corrected chi connectivity index (χ2v) is 23.5. The summed E-state index contributed by atoms with van der Waals surface area (Å²) in [6.07, 6.45) is 4.33. The second kappa shape index (κ2) is 19.0. The second-order valence-electron chi connectivity index (χ2n) is 23.5. The van der Waals surface area contributed by atoms with Crippen LogP contribution in [0.2, 0.25) is 0 Å². The monoisotopic (exact) mass is 981 g/mol. The van der Waals surface area contributed by atoms with Crippen molar-refractivity contribution in [2.45, 2.75) is 90.9 Å². The molecule has 0 amide bonds. The van der Waals surface area contributed by atoms with Gasteiger partial charge in [0.05, 0.1) is 17.7 Å². The fourth-order valence-corrected chi connectivity index (χ4v) is 11.0. The van der Waals surface area contributed by atoms with Gasteiger partial charge in [0, 0.05) is 63.2 Å². The first-order valence-corrected chi connectivity index (χ1v) is 26.4. The molecule has 3 heterocycles. The molecule has 0 N–H and O–H groups in total. The number of allylic oxidation sites excluding steroid dienone is 1. The molecule has 0 radical (unpaired) electrons.